The first kappa shape index (κ1) is 22.2. The molecule has 0 saturated heterocycles. The van der Waals surface area contributed by atoms with Crippen LogP contribution in [0.1, 0.15) is 11.1 Å². The van der Waals surface area contributed by atoms with Crippen molar-refractivity contribution in [2.75, 3.05) is 0 Å². The van der Waals surface area contributed by atoms with Crippen LogP contribution in [0.2, 0.25) is 0 Å². The molecule has 6 aromatic rings. The SMILES string of the molecule is Cc1ccc(-c2ccc(-c3cnc(-c4ccc(-c5ccc(C)cc5F)s4)c4nsnc34)s2)c(F)c1. The number of aromatic nitrogens is 3. The van der Waals surface area contributed by atoms with Gasteiger partial charge >= 0.3 is 0 Å². The molecule has 3 nitrogen and oxygen atoms in total. The number of hydrogen-bond donors (Lipinski definition) is 0. The first-order valence-electron chi connectivity index (χ1n) is 10.8. The predicted molar refractivity (Wildman–Crippen MR) is 142 cm³/mol. The lowest BCUT2D eigenvalue weighted by Crippen LogP contribution is -1.86. The molecule has 0 amide bonds. The number of hydrogen-bond acceptors (Lipinski definition) is 6. The molecule has 0 radical (unpaired) electrons. The van der Waals surface area contributed by atoms with Crippen LogP contribution < -0.4 is 0 Å². The number of benzene rings is 2. The van der Waals surface area contributed by atoms with Crippen molar-refractivity contribution in [3.63, 3.8) is 0 Å². The molecule has 4 heterocycles. The number of pyridine rings is 1. The minimum Gasteiger partial charge on any atom is -0.252 e. The summed E-state index contributed by atoms with van der Waals surface area (Å²) in [6.07, 6.45) is 1.80. The minimum atomic E-state index is -0.235. The zero-order valence-electron chi connectivity index (χ0n) is 18.7. The van der Waals surface area contributed by atoms with Crippen molar-refractivity contribution in [1.29, 1.82) is 0 Å². The smallest absolute Gasteiger partial charge is 0.132 e. The third-order valence-electron chi connectivity index (χ3n) is 5.78. The molecule has 35 heavy (non-hydrogen) atoms. The van der Waals surface area contributed by atoms with Gasteiger partial charge in [-0.3, -0.25) is 4.98 Å². The fourth-order valence-corrected chi connectivity index (χ4v) is 6.65. The highest BCUT2D eigenvalue weighted by Crippen LogP contribution is 2.42. The molecule has 0 aliphatic heterocycles. The largest absolute Gasteiger partial charge is 0.252 e. The molecule has 0 aliphatic carbocycles. The van der Waals surface area contributed by atoms with Crippen LogP contribution in [0.5, 0.6) is 0 Å². The van der Waals surface area contributed by atoms with Crippen molar-refractivity contribution in [2.24, 2.45) is 0 Å². The van der Waals surface area contributed by atoms with E-state index < -0.39 is 0 Å². The summed E-state index contributed by atoms with van der Waals surface area (Å²) in [5.74, 6) is -0.466. The van der Waals surface area contributed by atoms with Crippen LogP contribution in [0.15, 0.2) is 66.9 Å². The van der Waals surface area contributed by atoms with E-state index in [1.165, 1.54) is 22.7 Å². The lowest BCUT2D eigenvalue weighted by atomic mass is 10.1. The summed E-state index contributed by atoms with van der Waals surface area (Å²) in [5, 5.41) is 0. The van der Waals surface area contributed by atoms with Gasteiger partial charge in [0.2, 0.25) is 0 Å². The molecule has 0 fully saturated rings. The van der Waals surface area contributed by atoms with Gasteiger partial charge in [0.15, 0.2) is 0 Å². The summed E-state index contributed by atoms with van der Waals surface area (Å²) in [5.41, 5.74) is 5.99. The van der Waals surface area contributed by atoms with Crippen molar-refractivity contribution < 1.29 is 8.78 Å². The van der Waals surface area contributed by atoms with Crippen LogP contribution in [0.3, 0.4) is 0 Å². The normalized spacial score (nSPS) is 11.4. The van der Waals surface area contributed by atoms with E-state index in [1.807, 2.05) is 62.4 Å². The van der Waals surface area contributed by atoms with Crippen LogP contribution >= 0.6 is 34.4 Å². The molecular formula is C27H17F2N3S3. The van der Waals surface area contributed by atoms with Crippen molar-refractivity contribution in [3.8, 4) is 41.9 Å². The zero-order valence-corrected chi connectivity index (χ0v) is 21.1. The monoisotopic (exact) mass is 517 g/mol. The molecule has 0 aliphatic rings. The maximum absolute atomic E-state index is 14.5. The fourth-order valence-electron chi connectivity index (χ4n) is 4.01. The van der Waals surface area contributed by atoms with Crippen LogP contribution in [-0.4, -0.2) is 13.7 Å². The minimum absolute atomic E-state index is 0.231. The van der Waals surface area contributed by atoms with Crippen molar-refractivity contribution >= 4 is 45.4 Å². The van der Waals surface area contributed by atoms with Gasteiger partial charge in [0.25, 0.3) is 0 Å². The summed E-state index contributed by atoms with van der Waals surface area (Å²) < 4.78 is 38.1. The number of halogens is 2. The van der Waals surface area contributed by atoms with E-state index in [1.54, 1.807) is 18.3 Å². The van der Waals surface area contributed by atoms with E-state index in [0.29, 0.717) is 16.6 Å². The molecule has 8 heteroatoms. The highest BCUT2D eigenvalue weighted by molar-refractivity contribution is 7.19. The molecule has 0 bridgehead atoms. The van der Waals surface area contributed by atoms with E-state index in [0.717, 1.165) is 59.1 Å². The van der Waals surface area contributed by atoms with E-state index in [9.17, 15) is 8.78 Å². The van der Waals surface area contributed by atoms with Crippen molar-refractivity contribution in [1.82, 2.24) is 13.7 Å². The fraction of sp³-hybridized carbons (Fsp3) is 0.0741. The Labute approximate surface area is 212 Å². The summed E-state index contributed by atoms with van der Waals surface area (Å²) >= 11 is 4.11. The number of nitrogens with zero attached hydrogens (tertiary/aromatic N) is 3. The van der Waals surface area contributed by atoms with Gasteiger partial charge in [-0.2, -0.15) is 8.75 Å². The molecule has 0 saturated carbocycles. The summed E-state index contributed by atoms with van der Waals surface area (Å²) in [6.45, 7) is 3.75. The van der Waals surface area contributed by atoms with E-state index in [2.05, 4.69) is 8.75 Å². The van der Waals surface area contributed by atoms with Crippen LogP contribution in [0, 0.1) is 25.5 Å². The number of fused-ring (bicyclic) bond motifs is 1. The van der Waals surface area contributed by atoms with E-state index in [-0.39, 0.29) is 11.6 Å². The summed E-state index contributed by atoms with van der Waals surface area (Å²) in [7, 11) is 0. The van der Waals surface area contributed by atoms with Crippen LogP contribution in [0.25, 0.3) is 52.9 Å². The Morgan fingerprint density at radius 3 is 1.71 bits per heavy atom. The Bertz CT molecular complexity index is 1590. The second kappa shape index (κ2) is 8.71. The van der Waals surface area contributed by atoms with Gasteiger partial charge in [-0.1, -0.05) is 24.3 Å². The summed E-state index contributed by atoms with van der Waals surface area (Å²) in [4.78, 5) is 8.27. The third kappa shape index (κ3) is 3.97. The Hall–Kier alpha value is -3.33. The molecule has 6 rings (SSSR count). The number of thiophene rings is 2. The van der Waals surface area contributed by atoms with E-state index in [4.69, 9.17) is 4.98 Å². The quantitative estimate of drug-likeness (QED) is 0.235. The molecule has 0 spiro atoms. The molecule has 0 N–H and O–H groups in total. The number of aryl methyl sites for hydroxylation is 2. The molecule has 4 aromatic heterocycles. The van der Waals surface area contributed by atoms with Crippen molar-refractivity contribution in [3.05, 3.63) is 89.6 Å². The average molecular weight is 518 g/mol. The summed E-state index contributed by atoms with van der Waals surface area (Å²) in [6, 6.07) is 18.3. The zero-order chi connectivity index (χ0) is 24.1. The third-order valence-corrected chi connectivity index (χ3v) is 8.59. The Balaban J connectivity index is 1.39. The maximum Gasteiger partial charge on any atom is 0.132 e. The lowest BCUT2D eigenvalue weighted by Gasteiger charge is -2.04. The maximum atomic E-state index is 14.5. The molecule has 172 valence electrons. The molecule has 0 unspecified atom stereocenters. The number of rotatable bonds is 4. The predicted octanol–water partition coefficient (Wildman–Crippen LogP) is 8.77. The molecule has 2 aromatic carbocycles. The van der Waals surface area contributed by atoms with Gasteiger partial charge in [0.05, 0.1) is 16.6 Å². The van der Waals surface area contributed by atoms with Gasteiger partial charge in [-0.15, -0.1) is 22.7 Å². The van der Waals surface area contributed by atoms with Gasteiger partial charge in [-0.05, 0) is 61.4 Å². The standard InChI is InChI=1S/C27H17F2N3S3/c1-14-3-5-16(19(28)11-14)21-7-8-23(33-21)18-13-30-26(27-25(18)31-35-32-27)24-10-9-22(34-24)17-6-4-15(2)12-20(17)29/h3-13H,1-2H3. The van der Waals surface area contributed by atoms with Gasteiger partial charge < -0.3 is 0 Å². The van der Waals surface area contributed by atoms with Crippen molar-refractivity contribution in [2.45, 2.75) is 13.8 Å². The Morgan fingerprint density at radius 1 is 0.600 bits per heavy atom. The second-order valence-electron chi connectivity index (χ2n) is 8.28. The molecule has 0 atom stereocenters. The van der Waals surface area contributed by atoms with Gasteiger partial charge in [-0.25, -0.2) is 8.78 Å². The lowest BCUT2D eigenvalue weighted by molar-refractivity contribution is 0.630. The highest BCUT2D eigenvalue weighted by Gasteiger charge is 2.19. The van der Waals surface area contributed by atoms with E-state index >= 15 is 0 Å². The second-order valence-corrected chi connectivity index (χ2v) is 11.0. The first-order chi connectivity index (χ1) is 17.0. The van der Waals surface area contributed by atoms with Gasteiger partial charge in [0.1, 0.15) is 28.4 Å². The van der Waals surface area contributed by atoms with Crippen LogP contribution in [-0.2, 0) is 0 Å². The van der Waals surface area contributed by atoms with Gasteiger partial charge in [0, 0.05) is 37.5 Å². The molecular weight excluding hydrogens is 501 g/mol. The highest BCUT2D eigenvalue weighted by atomic mass is 32.1. The first-order valence-corrected chi connectivity index (χ1v) is 13.2. The topological polar surface area (TPSA) is 38.7 Å². The van der Waals surface area contributed by atoms with Crippen LogP contribution in [0.4, 0.5) is 8.78 Å². The Morgan fingerprint density at radius 2 is 1.11 bits per heavy atom. The Kier molecular flexibility index (Phi) is 5.51. The average Bonchev–Trinajstić information content (AvgIpc) is 3.59.